The Labute approximate surface area is 59.1 Å². The van der Waals surface area contributed by atoms with Crippen LogP contribution in [-0.4, -0.2) is 18.9 Å². The van der Waals surface area contributed by atoms with Gasteiger partial charge in [-0.05, 0) is 6.92 Å². The van der Waals surface area contributed by atoms with Crippen LogP contribution in [0.3, 0.4) is 0 Å². The minimum atomic E-state index is -0.610. The zero-order valence-electron chi connectivity index (χ0n) is 5.97. The summed E-state index contributed by atoms with van der Waals surface area (Å²) in [4.78, 5) is 20.9. The van der Waals surface area contributed by atoms with Gasteiger partial charge < -0.3 is 11.1 Å². The van der Waals surface area contributed by atoms with Gasteiger partial charge in [0, 0.05) is 18.7 Å². The Morgan fingerprint density at radius 2 is 2.00 bits per heavy atom. The third-order valence-electron chi connectivity index (χ3n) is 0.944. The van der Waals surface area contributed by atoms with E-state index in [1.165, 1.54) is 14.0 Å². The molecule has 0 aliphatic carbocycles. The molecule has 0 spiro atoms. The topological polar surface area (TPSA) is 72.2 Å². The molecule has 0 bridgehead atoms. The molecule has 4 heteroatoms. The lowest BCUT2D eigenvalue weighted by Crippen LogP contribution is -2.20. The Kier molecular flexibility index (Phi) is 3.17. The van der Waals surface area contributed by atoms with Crippen LogP contribution < -0.4 is 11.1 Å². The Balaban J connectivity index is 4.19. The molecule has 0 saturated heterocycles. The highest BCUT2D eigenvalue weighted by Gasteiger charge is 2.00. The monoisotopic (exact) mass is 142 g/mol. The molecule has 0 aromatic heterocycles. The van der Waals surface area contributed by atoms with E-state index in [1.54, 1.807) is 0 Å². The van der Waals surface area contributed by atoms with Crippen LogP contribution in [0.5, 0.6) is 0 Å². The highest BCUT2D eigenvalue weighted by atomic mass is 16.2. The SMILES string of the molecule is CNC(=O)/C(C)=C\C(N)=O. The summed E-state index contributed by atoms with van der Waals surface area (Å²) >= 11 is 0. The van der Waals surface area contributed by atoms with E-state index in [9.17, 15) is 9.59 Å². The van der Waals surface area contributed by atoms with Crippen molar-refractivity contribution in [3.8, 4) is 0 Å². The molecule has 4 nitrogen and oxygen atoms in total. The lowest BCUT2D eigenvalue weighted by molar-refractivity contribution is -0.118. The van der Waals surface area contributed by atoms with Crippen LogP contribution >= 0.6 is 0 Å². The van der Waals surface area contributed by atoms with Gasteiger partial charge in [-0.15, -0.1) is 0 Å². The Bertz CT molecular complexity index is 184. The summed E-state index contributed by atoms with van der Waals surface area (Å²) in [5, 5.41) is 2.36. The Hall–Kier alpha value is -1.32. The standard InChI is InChI=1S/C6H10N2O2/c1-4(3-5(7)9)6(10)8-2/h3H,1-2H3,(H2,7,9)(H,8,10)/b4-3-. The van der Waals surface area contributed by atoms with Crippen LogP contribution in [0, 0.1) is 0 Å². The number of nitrogens with one attached hydrogen (secondary N) is 1. The normalized spacial score (nSPS) is 10.8. The van der Waals surface area contributed by atoms with Gasteiger partial charge in [-0.1, -0.05) is 0 Å². The molecular weight excluding hydrogens is 132 g/mol. The first-order chi connectivity index (χ1) is 4.57. The third-order valence-corrected chi connectivity index (χ3v) is 0.944. The van der Waals surface area contributed by atoms with E-state index in [0.29, 0.717) is 5.57 Å². The fourth-order valence-electron chi connectivity index (χ4n) is 0.476. The molecule has 3 N–H and O–H groups in total. The van der Waals surface area contributed by atoms with Crippen LogP contribution in [0.4, 0.5) is 0 Å². The van der Waals surface area contributed by atoms with Crippen molar-refractivity contribution < 1.29 is 9.59 Å². The van der Waals surface area contributed by atoms with Crippen molar-refractivity contribution in [2.24, 2.45) is 5.73 Å². The van der Waals surface area contributed by atoms with Crippen LogP contribution in [-0.2, 0) is 9.59 Å². The number of rotatable bonds is 2. The molecule has 0 aromatic rings. The summed E-state index contributed by atoms with van der Waals surface area (Å²) in [5.74, 6) is -0.903. The molecule has 0 fully saturated rings. The van der Waals surface area contributed by atoms with Gasteiger partial charge in [0.15, 0.2) is 0 Å². The average molecular weight is 142 g/mol. The van der Waals surface area contributed by atoms with Gasteiger partial charge in [-0.2, -0.15) is 0 Å². The molecule has 10 heavy (non-hydrogen) atoms. The van der Waals surface area contributed by atoms with Crippen molar-refractivity contribution in [1.29, 1.82) is 0 Å². The Morgan fingerprint density at radius 3 is 2.30 bits per heavy atom. The van der Waals surface area contributed by atoms with Crippen molar-refractivity contribution in [2.75, 3.05) is 7.05 Å². The van der Waals surface area contributed by atoms with Gasteiger partial charge in [0.1, 0.15) is 0 Å². The van der Waals surface area contributed by atoms with Crippen LogP contribution in [0.25, 0.3) is 0 Å². The summed E-state index contributed by atoms with van der Waals surface area (Å²) in [6.45, 7) is 1.52. The van der Waals surface area contributed by atoms with Crippen molar-refractivity contribution in [1.82, 2.24) is 5.32 Å². The highest BCUT2D eigenvalue weighted by Crippen LogP contribution is 1.89. The molecule has 0 aromatic carbocycles. The lowest BCUT2D eigenvalue weighted by atomic mass is 10.2. The smallest absolute Gasteiger partial charge is 0.246 e. The van der Waals surface area contributed by atoms with E-state index in [4.69, 9.17) is 5.73 Å². The van der Waals surface area contributed by atoms with E-state index in [1.807, 2.05) is 0 Å². The van der Waals surface area contributed by atoms with Crippen LogP contribution in [0.15, 0.2) is 11.6 Å². The number of amides is 2. The second-order valence-electron chi connectivity index (χ2n) is 1.81. The summed E-state index contributed by atoms with van der Waals surface area (Å²) in [5.41, 5.74) is 5.11. The zero-order valence-corrected chi connectivity index (χ0v) is 5.97. The van der Waals surface area contributed by atoms with Gasteiger partial charge in [-0.25, -0.2) is 0 Å². The number of nitrogens with two attached hydrogens (primary N) is 1. The molecule has 0 radical (unpaired) electrons. The predicted molar refractivity (Wildman–Crippen MR) is 37.0 cm³/mol. The van der Waals surface area contributed by atoms with Crippen LogP contribution in [0.1, 0.15) is 6.92 Å². The van der Waals surface area contributed by atoms with E-state index in [0.717, 1.165) is 6.08 Å². The molecule has 0 aliphatic heterocycles. The first-order valence-electron chi connectivity index (χ1n) is 2.77. The number of carbonyl (C=O) groups excluding carboxylic acids is 2. The third kappa shape index (κ3) is 2.86. The molecule has 0 saturated carbocycles. The zero-order chi connectivity index (χ0) is 8.15. The van der Waals surface area contributed by atoms with E-state index in [-0.39, 0.29) is 5.91 Å². The van der Waals surface area contributed by atoms with E-state index in [2.05, 4.69) is 5.32 Å². The molecule has 0 atom stereocenters. The minimum Gasteiger partial charge on any atom is -0.366 e. The predicted octanol–water partition coefficient (Wildman–Crippen LogP) is -0.836. The first-order valence-corrected chi connectivity index (χ1v) is 2.77. The lowest BCUT2D eigenvalue weighted by Gasteiger charge is -1.95. The number of hydrogen-bond acceptors (Lipinski definition) is 2. The maximum absolute atomic E-state index is 10.7. The quantitative estimate of drug-likeness (QED) is 0.493. The number of primary amides is 1. The molecule has 0 aliphatic rings. The molecule has 56 valence electrons. The fraction of sp³-hybridized carbons (Fsp3) is 0.333. The van der Waals surface area contributed by atoms with Crippen molar-refractivity contribution in [3.05, 3.63) is 11.6 Å². The maximum atomic E-state index is 10.7. The molecule has 0 heterocycles. The van der Waals surface area contributed by atoms with Gasteiger partial charge >= 0.3 is 0 Å². The fourth-order valence-corrected chi connectivity index (χ4v) is 0.476. The summed E-state index contributed by atoms with van der Waals surface area (Å²) in [7, 11) is 1.49. The van der Waals surface area contributed by atoms with Gasteiger partial charge in [-0.3, -0.25) is 9.59 Å². The minimum absolute atomic E-state index is 0.293. The molecular formula is C6H10N2O2. The van der Waals surface area contributed by atoms with Gasteiger partial charge in [0.05, 0.1) is 0 Å². The number of hydrogen-bond donors (Lipinski definition) is 2. The second kappa shape index (κ2) is 3.66. The van der Waals surface area contributed by atoms with Crippen LogP contribution in [0.2, 0.25) is 0 Å². The van der Waals surface area contributed by atoms with Crippen molar-refractivity contribution in [3.63, 3.8) is 0 Å². The molecule has 0 unspecified atom stereocenters. The maximum Gasteiger partial charge on any atom is 0.246 e. The van der Waals surface area contributed by atoms with Crippen molar-refractivity contribution in [2.45, 2.75) is 6.92 Å². The summed E-state index contributed by atoms with van der Waals surface area (Å²) < 4.78 is 0. The first kappa shape index (κ1) is 8.68. The van der Waals surface area contributed by atoms with Crippen molar-refractivity contribution >= 4 is 11.8 Å². The number of carbonyl (C=O) groups is 2. The number of likely N-dealkylation sites (N-methyl/N-ethyl adjacent to an activating group) is 1. The largest absolute Gasteiger partial charge is 0.366 e. The molecule has 0 rings (SSSR count). The van der Waals surface area contributed by atoms with E-state index >= 15 is 0 Å². The highest BCUT2D eigenvalue weighted by molar-refractivity contribution is 5.99. The van der Waals surface area contributed by atoms with Gasteiger partial charge in [0.2, 0.25) is 11.8 Å². The average Bonchev–Trinajstić information content (AvgIpc) is 1.85. The second-order valence-corrected chi connectivity index (χ2v) is 1.81. The van der Waals surface area contributed by atoms with Gasteiger partial charge in [0.25, 0.3) is 0 Å². The summed E-state index contributed by atoms with van der Waals surface area (Å²) in [6.07, 6.45) is 1.08. The molecule has 2 amide bonds. The summed E-state index contributed by atoms with van der Waals surface area (Å²) in [6, 6.07) is 0. The Morgan fingerprint density at radius 1 is 1.50 bits per heavy atom. The van der Waals surface area contributed by atoms with E-state index < -0.39 is 5.91 Å².